The van der Waals surface area contributed by atoms with Crippen molar-refractivity contribution < 1.29 is 4.42 Å². The Labute approximate surface area is 120 Å². The van der Waals surface area contributed by atoms with Crippen molar-refractivity contribution in [1.82, 2.24) is 15.0 Å². The molecule has 5 nitrogen and oxygen atoms in total. The molecule has 0 bridgehead atoms. The first-order chi connectivity index (χ1) is 9.60. The van der Waals surface area contributed by atoms with E-state index in [4.69, 9.17) is 10.2 Å². The van der Waals surface area contributed by atoms with Gasteiger partial charge in [-0.15, -0.1) is 0 Å². The molecule has 3 rings (SSSR count). The second kappa shape index (κ2) is 5.13. The third-order valence-corrected chi connectivity index (χ3v) is 3.57. The van der Waals surface area contributed by atoms with E-state index in [1.807, 2.05) is 26.0 Å². The Morgan fingerprint density at radius 1 is 1.10 bits per heavy atom. The van der Waals surface area contributed by atoms with E-state index in [0.717, 1.165) is 27.6 Å². The Balaban J connectivity index is 1.79. The van der Waals surface area contributed by atoms with Crippen LogP contribution < -0.4 is 5.73 Å². The normalized spacial score (nSPS) is 11.1. The van der Waals surface area contributed by atoms with E-state index in [-0.39, 0.29) is 0 Å². The highest BCUT2D eigenvalue weighted by Gasteiger charge is 2.08. The predicted octanol–water partition coefficient (Wildman–Crippen LogP) is 3.11. The lowest BCUT2D eigenvalue weighted by Crippen LogP contribution is -1.93. The lowest BCUT2D eigenvalue weighted by atomic mass is 10.3. The summed E-state index contributed by atoms with van der Waals surface area (Å²) >= 11 is 1.51. The first kappa shape index (κ1) is 12.9. The minimum atomic E-state index is 0.595. The highest BCUT2D eigenvalue weighted by atomic mass is 32.2. The number of hydrogen-bond donors (Lipinski definition) is 1. The summed E-state index contributed by atoms with van der Waals surface area (Å²) in [7, 11) is 0. The number of anilines is 1. The van der Waals surface area contributed by atoms with Crippen LogP contribution in [-0.2, 0) is 5.75 Å². The van der Waals surface area contributed by atoms with Crippen molar-refractivity contribution in [3.8, 4) is 0 Å². The van der Waals surface area contributed by atoms with Gasteiger partial charge in [0.25, 0.3) is 0 Å². The average molecular weight is 286 g/mol. The topological polar surface area (TPSA) is 77.8 Å². The molecular formula is C14H14N4OS. The Bertz CT molecular complexity index is 749. The van der Waals surface area contributed by atoms with E-state index in [1.54, 1.807) is 12.1 Å². The molecule has 6 heteroatoms. The molecule has 102 valence electrons. The van der Waals surface area contributed by atoms with Crippen LogP contribution in [0, 0.1) is 13.8 Å². The Hall–Kier alpha value is -2.08. The molecule has 0 saturated heterocycles. The molecule has 2 N–H and O–H groups in total. The summed E-state index contributed by atoms with van der Waals surface area (Å²) in [6.07, 6.45) is 0. The largest absolute Gasteiger partial charge is 0.440 e. The third-order valence-electron chi connectivity index (χ3n) is 2.74. The number of hydrogen-bond acceptors (Lipinski definition) is 6. The van der Waals surface area contributed by atoms with Crippen molar-refractivity contribution in [2.75, 3.05) is 5.73 Å². The molecule has 0 radical (unpaired) electrons. The number of benzene rings is 1. The second-order valence-corrected chi connectivity index (χ2v) is 5.50. The highest BCUT2D eigenvalue weighted by Crippen LogP contribution is 2.23. The molecule has 0 atom stereocenters. The fraction of sp³-hybridized carbons (Fsp3) is 0.214. The van der Waals surface area contributed by atoms with Gasteiger partial charge in [0.05, 0.1) is 5.75 Å². The molecular weight excluding hydrogens is 272 g/mol. The molecule has 0 fully saturated rings. The fourth-order valence-corrected chi connectivity index (χ4v) is 2.73. The molecule has 0 saturated carbocycles. The average Bonchev–Trinajstić information content (AvgIpc) is 2.77. The molecule has 0 aliphatic heterocycles. The van der Waals surface area contributed by atoms with Gasteiger partial charge in [0, 0.05) is 17.1 Å². The van der Waals surface area contributed by atoms with Crippen molar-refractivity contribution in [1.29, 1.82) is 0 Å². The molecule has 0 unspecified atom stereocenters. The monoisotopic (exact) mass is 286 g/mol. The van der Waals surface area contributed by atoms with Crippen LogP contribution in [0.1, 0.15) is 17.3 Å². The van der Waals surface area contributed by atoms with Crippen LogP contribution in [0.5, 0.6) is 0 Å². The summed E-state index contributed by atoms with van der Waals surface area (Å²) in [5.41, 5.74) is 9.86. The molecule has 0 aliphatic rings. The maximum Gasteiger partial charge on any atom is 0.205 e. The van der Waals surface area contributed by atoms with Crippen molar-refractivity contribution >= 4 is 28.5 Å². The minimum Gasteiger partial charge on any atom is -0.440 e. The number of nitrogens with two attached hydrogens (primary N) is 1. The molecule has 0 spiro atoms. The van der Waals surface area contributed by atoms with Crippen molar-refractivity contribution in [3.05, 3.63) is 41.5 Å². The molecule has 2 aromatic heterocycles. The minimum absolute atomic E-state index is 0.595. The smallest absolute Gasteiger partial charge is 0.205 e. The number of aryl methyl sites for hydroxylation is 2. The number of nitrogen functional groups attached to an aromatic ring is 1. The summed E-state index contributed by atoms with van der Waals surface area (Å²) in [5.74, 6) is 1.25. The molecule has 0 aliphatic carbocycles. The van der Waals surface area contributed by atoms with Crippen molar-refractivity contribution in [2.24, 2.45) is 0 Å². The number of aromatic nitrogens is 3. The summed E-state index contributed by atoms with van der Waals surface area (Å²) in [6, 6.07) is 7.39. The maximum absolute atomic E-state index is 5.72. The van der Waals surface area contributed by atoms with Crippen LogP contribution >= 0.6 is 11.8 Å². The summed E-state index contributed by atoms with van der Waals surface area (Å²) in [4.78, 5) is 13.2. The summed E-state index contributed by atoms with van der Waals surface area (Å²) in [6.45, 7) is 3.92. The molecule has 3 aromatic rings. The van der Waals surface area contributed by atoms with Crippen molar-refractivity contribution in [2.45, 2.75) is 24.8 Å². The predicted molar refractivity (Wildman–Crippen MR) is 79.5 cm³/mol. The Morgan fingerprint density at radius 3 is 2.60 bits per heavy atom. The quantitative estimate of drug-likeness (QED) is 0.453. The van der Waals surface area contributed by atoms with E-state index < -0.39 is 0 Å². The number of fused-ring (bicyclic) bond motifs is 1. The number of rotatable bonds is 3. The first-order valence-electron chi connectivity index (χ1n) is 6.20. The zero-order valence-electron chi connectivity index (χ0n) is 11.3. The zero-order chi connectivity index (χ0) is 14.1. The van der Waals surface area contributed by atoms with Gasteiger partial charge >= 0.3 is 0 Å². The van der Waals surface area contributed by atoms with Crippen LogP contribution in [0.15, 0.2) is 33.8 Å². The summed E-state index contributed by atoms with van der Waals surface area (Å²) in [5, 5.41) is 0.740. The number of thioether (sulfide) groups is 1. The summed E-state index contributed by atoms with van der Waals surface area (Å²) < 4.78 is 5.66. The van der Waals surface area contributed by atoms with Crippen molar-refractivity contribution in [3.63, 3.8) is 0 Å². The van der Waals surface area contributed by atoms with E-state index in [2.05, 4.69) is 15.0 Å². The number of oxazole rings is 1. The van der Waals surface area contributed by atoms with Gasteiger partial charge in [-0.2, -0.15) is 0 Å². The lowest BCUT2D eigenvalue weighted by Gasteiger charge is -2.00. The first-order valence-corrected chi connectivity index (χ1v) is 7.19. The van der Waals surface area contributed by atoms with E-state index in [0.29, 0.717) is 17.3 Å². The van der Waals surface area contributed by atoms with Gasteiger partial charge in [0.1, 0.15) is 5.52 Å². The Kier molecular flexibility index (Phi) is 3.31. The maximum atomic E-state index is 5.72. The fourth-order valence-electron chi connectivity index (χ4n) is 1.94. The van der Waals surface area contributed by atoms with Crippen LogP contribution in [0.3, 0.4) is 0 Å². The van der Waals surface area contributed by atoms with Crippen LogP contribution in [0.25, 0.3) is 11.1 Å². The number of nitrogens with zero attached hydrogens (tertiary/aromatic N) is 3. The Morgan fingerprint density at radius 2 is 1.85 bits per heavy atom. The molecule has 1 aromatic carbocycles. The lowest BCUT2D eigenvalue weighted by molar-refractivity contribution is 0.556. The van der Waals surface area contributed by atoms with Gasteiger partial charge in [-0.05, 0) is 38.1 Å². The SMILES string of the molecule is Cc1cc(C)nc(SCc2nc3cc(N)ccc3o2)n1. The van der Waals surface area contributed by atoms with E-state index >= 15 is 0 Å². The zero-order valence-corrected chi connectivity index (χ0v) is 12.1. The molecule has 20 heavy (non-hydrogen) atoms. The van der Waals surface area contributed by atoms with E-state index in [9.17, 15) is 0 Å². The van der Waals surface area contributed by atoms with Gasteiger partial charge in [-0.25, -0.2) is 15.0 Å². The standard InChI is InChI=1S/C14H14N4OS/c1-8-5-9(2)17-14(16-8)20-7-13-18-11-6-10(15)3-4-12(11)19-13/h3-6H,7,15H2,1-2H3. The van der Waals surface area contributed by atoms with Crippen LogP contribution in [-0.4, -0.2) is 15.0 Å². The molecule has 2 heterocycles. The van der Waals surface area contributed by atoms with Crippen LogP contribution in [0.4, 0.5) is 5.69 Å². The van der Waals surface area contributed by atoms with Gasteiger partial charge in [-0.3, -0.25) is 0 Å². The van der Waals surface area contributed by atoms with E-state index in [1.165, 1.54) is 11.8 Å². The molecule has 0 amide bonds. The third kappa shape index (κ3) is 2.75. The van der Waals surface area contributed by atoms with Crippen LogP contribution in [0.2, 0.25) is 0 Å². The van der Waals surface area contributed by atoms with Gasteiger partial charge < -0.3 is 10.2 Å². The van der Waals surface area contributed by atoms with Gasteiger partial charge in [-0.1, -0.05) is 11.8 Å². The van der Waals surface area contributed by atoms with Gasteiger partial charge in [0.2, 0.25) is 5.89 Å². The van der Waals surface area contributed by atoms with Gasteiger partial charge in [0.15, 0.2) is 10.7 Å². The highest BCUT2D eigenvalue weighted by molar-refractivity contribution is 7.98. The second-order valence-electron chi connectivity index (χ2n) is 4.56.